The topological polar surface area (TPSA) is 111 Å². The van der Waals surface area contributed by atoms with Crippen LogP contribution in [0.3, 0.4) is 0 Å². The van der Waals surface area contributed by atoms with Crippen LogP contribution in [0.25, 0.3) is 11.1 Å². The van der Waals surface area contributed by atoms with E-state index in [0.717, 1.165) is 12.0 Å². The molecule has 2 heterocycles. The molecule has 0 amide bonds. The lowest BCUT2D eigenvalue weighted by Gasteiger charge is -2.25. The largest absolute Gasteiger partial charge is 0.497 e. The molecule has 1 atom stereocenters. The van der Waals surface area contributed by atoms with Gasteiger partial charge in [-0.3, -0.25) is 9.36 Å². The first-order chi connectivity index (χ1) is 19.1. The second-order valence-electron chi connectivity index (χ2n) is 9.46. The summed E-state index contributed by atoms with van der Waals surface area (Å²) in [5, 5.41) is 11.5. The van der Waals surface area contributed by atoms with Gasteiger partial charge >= 0.3 is 0 Å². The Labute approximate surface area is 233 Å². The molecule has 8 nitrogen and oxygen atoms in total. The van der Waals surface area contributed by atoms with Gasteiger partial charge in [-0.15, -0.1) is 0 Å². The van der Waals surface area contributed by atoms with Crippen LogP contribution in [0, 0.1) is 12.9 Å². The molecule has 0 aliphatic heterocycles. The maximum absolute atomic E-state index is 14.0. The average molecular weight is 566 g/mol. The Bertz CT molecular complexity index is 1690. The highest BCUT2D eigenvalue weighted by Gasteiger charge is 2.32. The molecule has 0 unspecified atom stereocenters. The standard InChI is InChI=1S/C30H32FN3O5S/c1-5-7-11-26-33-29(35)27(30(36)34(26)25(6-2)21-9-8-10-22(18-21)39-4)40(37,38)23-14-12-20(13-15-23)24-16-17-32-28(31)19(24)3/h8-10,12-18,25,36H,5-7,11H2,1-4H3/t25-/m0/s1. The molecule has 0 bridgehead atoms. The highest BCUT2D eigenvalue weighted by molar-refractivity contribution is 7.91. The van der Waals surface area contributed by atoms with Gasteiger partial charge in [0.2, 0.25) is 21.7 Å². The number of ether oxygens (including phenoxy) is 1. The summed E-state index contributed by atoms with van der Waals surface area (Å²) < 4.78 is 48.3. The van der Waals surface area contributed by atoms with E-state index >= 15 is 0 Å². The Morgan fingerprint density at radius 2 is 1.82 bits per heavy atom. The molecule has 0 fully saturated rings. The number of unbranched alkanes of at least 4 members (excludes halogenated alkanes) is 1. The summed E-state index contributed by atoms with van der Waals surface area (Å²) in [6.07, 6.45) is 3.72. The first kappa shape index (κ1) is 28.9. The van der Waals surface area contributed by atoms with Gasteiger partial charge in [0, 0.05) is 18.2 Å². The minimum Gasteiger partial charge on any atom is -0.497 e. The number of benzene rings is 2. The summed E-state index contributed by atoms with van der Waals surface area (Å²) >= 11 is 0. The van der Waals surface area contributed by atoms with Crippen LogP contribution in [0.2, 0.25) is 0 Å². The predicted octanol–water partition coefficient (Wildman–Crippen LogP) is 5.64. The van der Waals surface area contributed by atoms with Crippen LogP contribution in [-0.2, 0) is 16.3 Å². The van der Waals surface area contributed by atoms with Gasteiger partial charge in [0.1, 0.15) is 11.6 Å². The fraction of sp³-hybridized carbons (Fsp3) is 0.300. The van der Waals surface area contributed by atoms with Crippen LogP contribution >= 0.6 is 0 Å². The second kappa shape index (κ2) is 12.0. The van der Waals surface area contributed by atoms with E-state index in [2.05, 4.69) is 9.97 Å². The fourth-order valence-electron chi connectivity index (χ4n) is 4.79. The van der Waals surface area contributed by atoms with E-state index < -0.39 is 38.2 Å². The third-order valence-electron chi connectivity index (χ3n) is 6.95. The van der Waals surface area contributed by atoms with Crippen molar-refractivity contribution >= 4 is 9.84 Å². The highest BCUT2D eigenvalue weighted by Crippen LogP contribution is 2.35. The molecule has 1 N–H and O–H groups in total. The number of methoxy groups -OCH3 is 1. The zero-order valence-electron chi connectivity index (χ0n) is 22.9. The Balaban J connectivity index is 1.87. The minimum absolute atomic E-state index is 0.195. The molecule has 0 aliphatic rings. The van der Waals surface area contributed by atoms with Gasteiger partial charge in [0.25, 0.3) is 5.56 Å². The van der Waals surface area contributed by atoms with Crippen LogP contribution in [0.4, 0.5) is 4.39 Å². The molecular weight excluding hydrogens is 533 g/mol. The Kier molecular flexibility index (Phi) is 8.68. The van der Waals surface area contributed by atoms with Crippen molar-refractivity contribution in [3.63, 3.8) is 0 Å². The normalized spacial score (nSPS) is 12.3. The molecule has 0 radical (unpaired) electrons. The molecule has 0 spiro atoms. The van der Waals surface area contributed by atoms with Crippen molar-refractivity contribution in [1.29, 1.82) is 0 Å². The van der Waals surface area contributed by atoms with Crippen LogP contribution in [0.5, 0.6) is 11.6 Å². The number of hydrogen-bond acceptors (Lipinski definition) is 7. The summed E-state index contributed by atoms with van der Waals surface area (Å²) in [4.78, 5) is 20.0. The highest BCUT2D eigenvalue weighted by atomic mass is 32.2. The van der Waals surface area contributed by atoms with Crippen LogP contribution in [0.1, 0.15) is 56.1 Å². The van der Waals surface area contributed by atoms with E-state index in [1.165, 1.54) is 35.0 Å². The van der Waals surface area contributed by atoms with Crippen molar-refractivity contribution in [2.45, 2.75) is 62.3 Å². The summed E-state index contributed by atoms with van der Waals surface area (Å²) in [5.74, 6) is -0.354. The molecule has 4 rings (SSSR count). The summed E-state index contributed by atoms with van der Waals surface area (Å²) in [5.41, 5.74) is 1.22. The Hall–Kier alpha value is -4.05. The maximum Gasteiger partial charge on any atom is 0.296 e. The lowest BCUT2D eigenvalue weighted by Crippen LogP contribution is -2.27. The predicted molar refractivity (Wildman–Crippen MR) is 150 cm³/mol. The van der Waals surface area contributed by atoms with Gasteiger partial charge in [-0.05, 0) is 66.8 Å². The van der Waals surface area contributed by atoms with E-state index in [1.807, 2.05) is 32.0 Å². The molecular formula is C30H32FN3O5S. The van der Waals surface area contributed by atoms with Crippen molar-refractivity contribution in [3.05, 3.63) is 94.0 Å². The number of aromatic hydroxyl groups is 1. The van der Waals surface area contributed by atoms with Crippen molar-refractivity contribution in [2.24, 2.45) is 0 Å². The number of pyridine rings is 1. The maximum atomic E-state index is 14.0. The molecule has 0 saturated heterocycles. The molecule has 0 aliphatic carbocycles. The first-order valence-corrected chi connectivity index (χ1v) is 14.6. The molecule has 0 saturated carbocycles. The van der Waals surface area contributed by atoms with Crippen LogP contribution in [0.15, 0.2) is 75.4 Å². The summed E-state index contributed by atoms with van der Waals surface area (Å²) in [6, 6.07) is 14.1. The van der Waals surface area contributed by atoms with E-state index in [0.29, 0.717) is 47.5 Å². The average Bonchev–Trinajstić information content (AvgIpc) is 2.95. The molecule has 40 heavy (non-hydrogen) atoms. The van der Waals surface area contributed by atoms with Crippen molar-refractivity contribution in [1.82, 2.24) is 14.5 Å². The van der Waals surface area contributed by atoms with Crippen LogP contribution in [-0.4, -0.2) is 35.2 Å². The Morgan fingerprint density at radius 1 is 1.10 bits per heavy atom. The monoisotopic (exact) mass is 565 g/mol. The molecule has 4 aromatic rings. The molecule has 210 valence electrons. The number of halogens is 1. The van der Waals surface area contributed by atoms with Gasteiger partial charge in [0.05, 0.1) is 18.0 Å². The fourth-order valence-corrected chi connectivity index (χ4v) is 6.14. The third kappa shape index (κ3) is 5.49. The van der Waals surface area contributed by atoms with E-state index in [9.17, 15) is 22.7 Å². The minimum atomic E-state index is -4.47. The second-order valence-corrected chi connectivity index (χ2v) is 11.3. The lowest BCUT2D eigenvalue weighted by atomic mass is 10.0. The quantitative estimate of drug-likeness (QED) is 0.248. The van der Waals surface area contributed by atoms with E-state index in [4.69, 9.17) is 4.74 Å². The molecule has 2 aromatic carbocycles. The van der Waals surface area contributed by atoms with Gasteiger partial charge < -0.3 is 9.84 Å². The number of rotatable bonds is 10. The van der Waals surface area contributed by atoms with Crippen molar-refractivity contribution < 1.29 is 22.7 Å². The summed E-state index contributed by atoms with van der Waals surface area (Å²) in [6.45, 7) is 5.48. The van der Waals surface area contributed by atoms with Crippen molar-refractivity contribution in [2.75, 3.05) is 7.11 Å². The SMILES string of the molecule is CCCCc1nc(=O)c(S(=O)(=O)c2ccc(-c3ccnc(F)c3C)cc2)c(O)n1[C@@H](CC)c1cccc(OC)c1. The Morgan fingerprint density at radius 3 is 2.48 bits per heavy atom. The van der Waals surface area contributed by atoms with Gasteiger partial charge in [0.15, 0.2) is 4.90 Å². The summed E-state index contributed by atoms with van der Waals surface area (Å²) in [7, 11) is -2.92. The van der Waals surface area contributed by atoms with Crippen LogP contribution < -0.4 is 10.3 Å². The zero-order chi connectivity index (χ0) is 29.0. The molecule has 10 heteroatoms. The van der Waals surface area contributed by atoms with E-state index in [-0.39, 0.29) is 4.90 Å². The van der Waals surface area contributed by atoms with Crippen molar-refractivity contribution in [3.8, 4) is 22.8 Å². The van der Waals surface area contributed by atoms with Gasteiger partial charge in [-0.25, -0.2) is 13.4 Å². The third-order valence-corrected chi connectivity index (χ3v) is 8.74. The first-order valence-electron chi connectivity index (χ1n) is 13.1. The zero-order valence-corrected chi connectivity index (χ0v) is 23.7. The number of aromatic nitrogens is 3. The van der Waals surface area contributed by atoms with E-state index in [1.54, 1.807) is 26.2 Å². The smallest absolute Gasteiger partial charge is 0.296 e. The number of aryl methyl sites for hydroxylation is 1. The van der Waals surface area contributed by atoms with Gasteiger partial charge in [-0.2, -0.15) is 9.37 Å². The van der Waals surface area contributed by atoms with Gasteiger partial charge in [-0.1, -0.05) is 44.5 Å². The molecule has 2 aromatic heterocycles. The lowest BCUT2D eigenvalue weighted by molar-refractivity contribution is 0.357. The number of hydrogen-bond donors (Lipinski definition) is 1. The number of sulfone groups is 1. The number of nitrogens with zero attached hydrogens (tertiary/aromatic N) is 3.